The summed E-state index contributed by atoms with van der Waals surface area (Å²) in [7, 11) is 1.68. The fraction of sp³-hybridized carbons (Fsp3) is 0.357. The highest BCUT2D eigenvalue weighted by Gasteiger charge is 2.07. The summed E-state index contributed by atoms with van der Waals surface area (Å²) in [4.78, 5) is 4.33. The molecule has 0 aliphatic heterocycles. The molecule has 0 radical (unpaired) electrons. The molecule has 0 saturated heterocycles. The highest BCUT2D eigenvalue weighted by molar-refractivity contribution is 5.49. The van der Waals surface area contributed by atoms with Crippen LogP contribution < -0.4 is 10.1 Å². The lowest BCUT2D eigenvalue weighted by Gasteiger charge is -2.12. The van der Waals surface area contributed by atoms with E-state index in [1.54, 1.807) is 7.11 Å². The molecule has 0 saturated carbocycles. The van der Waals surface area contributed by atoms with E-state index in [1.165, 1.54) is 0 Å². The Morgan fingerprint density at radius 2 is 2.22 bits per heavy atom. The van der Waals surface area contributed by atoms with E-state index in [1.807, 2.05) is 30.6 Å². The van der Waals surface area contributed by atoms with Gasteiger partial charge in [0, 0.05) is 18.9 Å². The molecule has 18 heavy (non-hydrogen) atoms. The molecule has 0 bridgehead atoms. The van der Waals surface area contributed by atoms with Gasteiger partial charge in [0.25, 0.3) is 0 Å². The van der Waals surface area contributed by atoms with Crippen LogP contribution in [-0.4, -0.2) is 23.2 Å². The number of benzene rings is 1. The molecule has 0 fully saturated rings. The van der Waals surface area contributed by atoms with Crippen LogP contribution >= 0.6 is 0 Å². The highest BCUT2D eigenvalue weighted by atomic mass is 16.5. The number of nitrogens with one attached hydrogen (secondary N) is 1. The van der Waals surface area contributed by atoms with Gasteiger partial charge in [0.1, 0.15) is 5.75 Å². The molecule has 4 nitrogen and oxygen atoms in total. The van der Waals surface area contributed by atoms with E-state index in [-0.39, 0.29) is 0 Å². The molecule has 2 rings (SSSR count). The molecule has 2 aromatic rings. The van der Waals surface area contributed by atoms with Gasteiger partial charge in [0.2, 0.25) is 5.95 Å². The van der Waals surface area contributed by atoms with Gasteiger partial charge in [0.05, 0.1) is 12.8 Å². The van der Waals surface area contributed by atoms with Crippen molar-refractivity contribution >= 4 is 5.95 Å². The minimum atomic E-state index is 0.874. The first kappa shape index (κ1) is 12.5. The number of anilines is 1. The van der Waals surface area contributed by atoms with Crippen LogP contribution in [0.15, 0.2) is 30.6 Å². The standard InChI is InChI=1S/C14H19N3O/c1-4-7-15-14-16-8-9-17(14)13-6-5-12(18-3)10-11(13)2/h5-6,8-10H,4,7H2,1-3H3,(H,15,16). The van der Waals surface area contributed by atoms with Gasteiger partial charge in [-0.2, -0.15) is 0 Å². The predicted octanol–water partition coefficient (Wildman–Crippen LogP) is 3.01. The first-order valence-electron chi connectivity index (χ1n) is 6.18. The number of hydrogen-bond donors (Lipinski definition) is 1. The van der Waals surface area contributed by atoms with Gasteiger partial charge >= 0.3 is 0 Å². The van der Waals surface area contributed by atoms with Crippen LogP contribution in [0.3, 0.4) is 0 Å². The van der Waals surface area contributed by atoms with E-state index >= 15 is 0 Å². The zero-order chi connectivity index (χ0) is 13.0. The van der Waals surface area contributed by atoms with Crippen LogP contribution in [0.2, 0.25) is 0 Å². The van der Waals surface area contributed by atoms with Crippen molar-refractivity contribution in [3.63, 3.8) is 0 Å². The summed E-state index contributed by atoms with van der Waals surface area (Å²) in [5.74, 6) is 1.75. The summed E-state index contributed by atoms with van der Waals surface area (Å²) in [6, 6.07) is 6.04. The molecular formula is C14H19N3O. The fourth-order valence-corrected chi connectivity index (χ4v) is 1.89. The molecule has 0 aliphatic carbocycles. The molecular weight excluding hydrogens is 226 g/mol. The summed E-state index contributed by atoms with van der Waals surface area (Å²) in [6.07, 6.45) is 4.85. The molecule has 96 valence electrons. The molecule has 1 N–H and O–H groups in total. The van der Waals surface area contributed by atoms with Crippen LogP contribution in [0.5, 0.6) is 5.75 Å². The minimum Gasteiger partial charge on any atom is -0.497 e. The van der Waals surface area contributed by atoms with Gasteiger partial charge in [-0.25, -0.2) is 4.98 Å². The van der Waals surface area contributed by atoms with Crippen molar-refractivity contribution in [3.05, 3.63) is 36.2 Å². The van der Waals surface area contributed by atoms with Crippen LogP contribution in [0.1, 0.15) is 18.9 Å². The Labute approximate surface area is 108 Å². The van der Waals surface area contributed by atoms with E-state index in [4.69, 9.17) is 4.74 Å². The summed E-state index contributed by atoms with van der Waals surface area (Å²) >= 11 is 0. The average Bonchev–Trinajstić information content (AvgIpc) is 2.84. The smallest absolute Gasteiger partial charge is 0.207 e. The van der Waals surface area contributed by atoms with Crippen molar-refractivity contribution in [1.82, 2.24) is 9.55 Å². The van der Waals surface area contributed by atoms with E-state index < -0.39 is 0 Å². The molecule has 1 heterocycles. The number of rotatable bonds is 5. The maximum absolute atomic E-state index is 5.22. The van der Waals surface area contributed by atoms with Crippen LogP contribution in [0.25, 0.3) is 5.69 Å². The van der Waals surface area contributed by atoms with E-state index in [9.17, 15) is 0 Å². The van der Waals surface area contributed by atoms with Crippen molar-refractivity contribution in [2.45, 2.75) is 20.3 Å². The molecule has 0 spiro atoms. The fourth-order valence-electron chi connectivity index (χ4n) is 1.89. The first-order valence-corrected chi connectivity index (χ1v) is 6.18. The molecule has 1 aromatic carbocycles. The molecule has 0 unspecified atom stereocenters. The van der Waals surface area contributed by atoms with Crippen LogP contribution in [0, 0.1) is 6.92 Å². The SMILES string of the molecule is CCCNc1nccn1-c1ccc(OC)cc1C. The molecule has 0 atom stereocenters. The Kier molecular flexibility index (Phi) is 3.87. The Morgan fingerprint density at radius 1 is 1.39 bits per heavy atom. The summed E-state index contributed by atoms with van der Waals surface area (Å²) in [6.45, 7) is 5.13. The lowest BCUT2D eigenvalue weighted by Crippen LogP contribution is -2.07. The maximum Gasteiger partial charge on any atom is 0.207 e. The zero-order valence-electron chi connectivity index (χ0n) is 11.1. The number of ether oxygens (including phenoxy) is 1. The zero-order valence-corrected chi connectivity index (χ0v) is 11.1. The lowest BCUT2D eigenvalue weighted by molar-refractivity contribution is 0.414. The summed E-state index contributed by atoms with van der Waals surface area (Å²) in [5, 5.41) is 3.32. The van der Waals surface area contributed by atoms with Crippen molar-refractivity contribution in [2.24, 2.45) is 0 Å². The largest absolute Gasteiger partial charge is 0.497 e. The number of aromatic nitrogens is 2. The van der Waals surface area contributed by atoms with Crippen molar-refractivity contribution in [2.75, 3.05) is 19.0 Å². The average molecular weight is 245 g/mol. The van der Waals surface area contributed by atoms with Gasteiger partial charge in [-0.05, 0) is 37.1 Å². The van der Waals surface area contributed by atoms with Gasteiger partial charge in [-0.15, -0.1) is 0 Å². The van der Waals surface area contributed by atoms with E-state index in [0.29, 0.717) is 0 Å². The van der Waals surface area contributed by atoms with E-state index in [2.05, 4.69) is 28.7 Å². The quantitative estimate of drug-likeness (QED) is 0.880. The van der Waals surface area contributed by atoms with Crippen molar-refractivity contribution in [3.8, 4) is 11.4 Å². The molecule has 0 amide bonds. The third kappa shape index (κ3) is 2.47. The number of methoxy groups -OCH3 is 1. The van der Waals surface area contributed by atoms with Gasteiger partial charge in [-0.1, -0.05) is 6.92 Å². The number of hydrogen-bond acceptors (Lipinski definition) is 3. The molecule has 4 heteroatoms. The Morgan fingerprint density at radius 3 is 2.89 bits per heavy atom. The molecule has 0 aliphatic rings. The third-order valence-electron chi connectivity index (χ3n) is 2.84. The third-order valence-corrected chi connectivity index (χ3v) is 2.84. The highest BCUT2D eigenvalue weighted by Crippen LogP contribution is 2.22. The summed E-state index contributed by atoms with van der Waals surface area (Å²) < 4.78 is 7.28. The second-order valence-electron chi connectivity index (χ2n) is 4.20. The Hall–Kier alpha value is -1.97. The number of imidazole rings is 1. The van der Waals surface area contributed by atoms with Gasteiger partial charge in [0.15, 0.2) is 0 Å². The Bertz CT molecular complexity index is 520. The second-order valence-corrected chi connectivity index (χ2v) is 4.20. The second kappa shape index (κ2) is 5.58. The van der Waals surface area contributed by atoms with Crippen molar-refractivity contribution in [1.29, 1.82) is 0 Å². The van der Waals surface area contributed by atoms with Gasteiger partial charge < -0.3 is 10.1 Å². The number of aryl methyl sites for hydroxylation is 1. The van der Waals surface area contributed by atoms with Crippen LogP contribution in [0.4, 0.5) is 5.95 Å². The van der Waals surface area contributed by atoms with Crippen LogP contribution in [-0.2, 0) is 0 Å². The maximum atomic E-state index is 5.22. The van der Waals surface area contributed by atoms with E-state index in [0.717, 1.165) is 35.9 Å². The first-order chi connectivity index (χ1) is 8.76. The Balaban J connectivity index is 2.33. The topological polar surface area (TPSA) is 39.1 Å². The lowest BCUT2D eigenvalue weighted by atomic mass is 10.2. The van der Waals surface area contributed by atoms with Gasteiger partial charge in [-0.3, -0.25) is 4.57 Å². The number of nitrogens with zero attached hydrogens (tertiary/aromatic N) is 2. The van der Waals surface area contributed by atoms with Crippen molar-refractivity contribution < 1.29 is 4.74 Å². The normalized spacial score (nSPS) is 10.4. The monoisotopic (exact) mass is 245 g/mol. The molecule has 1 aromatic heterocycles. The predicted molar refractivity (Wildman–Crippen MR) is 73.6 cm³/mol. The summed E-state index contributed by atoms with van der Waals surface area (Å²) in [5.41, 5.74) is 2.28. The minimum absolute atomic E-state index is 0.874.